The van der Waals surface area contributed by atoms with Crippen LogP contribution in [0.3, 0.4) is 0 Å². The lowest BCUT2D eigenvalue weighted by Crippen LogP contribution is -2.12. The Balaban J connectivity index is 2.41. The monoisotopic (exact) mass is 258 g/mol. The van der Waals surface area contributed by atoms with Crippen LogP contribution in [0, 0.1) is 18.3 Å². The summed E-state index contributed by atoms with van der Waals surface area (Å²) in [4.78, 5) is 10.2. The minimum absolute atomic E-state index is 0.404. The van der Waals surface area contributed by atoms with Crippen molar-refractivity contribution in [2.24, 2.45) is 0 Å². The Morgan fingerprint density at radius 2 is 2.06 bits per heavy atom. The van der Waals surface area contributed by atoms with Gasteiger partial charge in [0.25, 0.3) is 0 Å². The summed E-state index contributed by atoms with van der Waals surface area (Å²) in [5, 5.41) is 9.29. The van der Waals surface area contributed by atoms with Crippen molar-refractivity contribution in [2.75, 3.05) is 11.9 Å². The van der Waals surface area contributed by atoms with Crippen LogP contribution in [0.15, 0.2) is 30.3 Å². The minimum Gasteiger partial charge on any atom is -0.329 e. The lowest BCUT2D eigenvalue weighted by atomic mass is 10.2. The highest BCUT2D eigenvalue weighted by molar-refractivity contribution is 6.29. The molecule has 0 N–H and O–H groups in total. The molecule has 0 saturated carbocycles. The second-order valence-electron chi connectivity index (χ2n) is 3.82. The van der Waals surface area contributed by atoms with Crippen molar-refractivity contribution in [1.82, 2.24) is 9.97 Å². The normalized spacial score (nSPS) is 9.89. The van der Waals surface area contributed by atoms with Crippen molar-refractivity contribution in [3.05, 3.63) is 46.9 Å². The molecular weight excluding hydrogens is 248 g/mol. The molecule has 1 aromatic heterocycles. The molecule has 5 heteroatoms. The van der Waals surface area contributed by atoms with Crippen LogP contribution < -0.4 is 4.90 Å². The zero-order valence-electron chi connectivity index (χ0n) is 10.1. The maximum Gasteiger partial charge on any atom is 0.137 e. The summed E-state index contributed by atoms with van der Waals surface area (Å²) in [6, 6.07) is 11.1. The average Bonchev–Trinajstić information content (AvgIpc) is 2.37. The lowest BCUT2D eigenvalue weighted by Gasteiger charge is -2.18. The third kappa shape index (κ3) is 2.58. The Kier molecular flexibility index (Phi) is 3.45. The van der Waals surface area contributed by atoms with E-state index >= 15 is 0 Å². The summed E-state index contributed by atoms with van der Waals surface area (Å²) in [5.41, 5.74) is 1.49. The second kappa shape index (κ2) is 5.03. The van der Waals surface area contributed by atoms with Crippen molar-refractivity contribution in [3.63, 3.8) is 0 Å². The van der Waals surface area contributed by atoms with Crippen molar-refractivity contribution < 1.29 is 0 Å². The fourth-order valence-electron chi connectivity index (χ4n) is 1.60. The molecule has 0 unspecified atom stereocenters. The van der Waals surface area contributed by atoms with E-state index in [1.54, 1.807) is 25.1 Å². The SMILES string of the molecule is Cc1nc(Cl)cc(N(C)c2cccc(C#N)c2)n1. The molecule has 0 radical (unpaired) electrons. The van der Waals surface area contributed by atoms with Gasteiger partial charge in [-0.15, -0.1) is 0 Å². The van der Waals surface area contributed by atoms with Gasteiger partial charge in [-0.2, -0.15) is 5.26 Å². The second-order valence-corrected chi connectivity index (χ2v) is 4.20. The summed E-state index contributed by atoms with van der Waals surface area (Å²) in [7, 11) is 1.87. The van der Waals surface area contributed by atoms with Crippen LogP contribution in [0.2, 0.25) is 5.15 Å². The predicted molar refractivity (Wildman–Crippen MR) is 71.0 cm³/mol. The molecule has 1 aromatic carbocycles. The van der Waals surface area contributed by atoms with Gasteiger partial charge in [-0.1, -0.05) is 17.7 Å². The summed E-state index contributed by atoms with van der Waals surface area (Å²) in [6.45, 7) is 1.79. The smallest absolute Gasteiger partial charge is 0.137 e. The first-order valence-electron chi connectivity index (χ1n) is 5.35. The van der Waals surface area contributed by atoms with Crippen molar-refractivity contribution >= 4 is 23.1 Å². The van der Waals surface area contributed by atoms with Crippen LogP contribution in [0.1, 0.15) is 11.4 Å². The van der Waals surface area contributed by atoms with E-state index in [0.717, 1.165) is 5.69 Å². The van der Waals surface area contributed by atoms with Gasteiger partial charge in [-0.05, 0) is 25.1 Å². The molecule has 0 saturated heterocycles. The third-order valence-electron chi connectivity index (χ3n) is 2.50. The van der Waals surface area contributed by atoms with Gasteiger partial charge >= 0.3 is 0 Å². The van der Waals surface area contributed by atoms with Crippen molar-refractivity contribution in [2.45, 2.75) is 6.92 Å². The number of hydrogen-bond acceptors (Lipinski definition) is 4. The quantitative estimate of drug-likeness (QED) is 0.777. The maximum atomic E-state index is 8.89. The van der Waals surface area contributed by atoms with Crippen LogP contribution in [0.25, 0.3) is 0 Å². The van der Waals surface area contributed by atoms with Gasteiger partial charge in [0.1, 0.15) is 16.8 Å². The number of nitriles is 1. The van der Waals surface area contributed by atoms with Gasteiger partial charge in [0.05, 0.1) is 11.6 Å². The van der Waals surface area contributed by atoms with E-state index in [2.05, 4.69) is 16.0 Å². The van der Waals surface area contributed by atoms with E-state index in [4.69, 9.17) is 16.9 Å². The van der Waals surface area contributed by atoms with Gasteiger partial charge in [-0.3, -0.25) is 0 Å². The van der Waals surface area contributed by atoms with Gasteiger partial charge in [0.15, 0.2) is 0 Å². The lowest BCUT2D eigenvalue weighted by molar-refractivity contribution is 1.01. The number of aromatic nitrogens is 2. The van der Waals surface area contributed by atoms with Gasteiger partial charge in [-0.25, -0.2) is 9.97 Å². The fourth-order valence-corrected chi connectivity index (χ4v) is 1.82. The van der Waals surface area contributed by atoms with Crippen LogP contribution in [-0.2, 0) is 0 Å². The molecule has 0 atom stereocenters. The Labute approximate surface area is 110 Å². The maximum absolute atomic E-state index is 8.89. The summed E-state index contributed by atoms with van der Waals surface area (Å²) in [6.07, 6.45) is 0. The Hall–Kier alpha value is -2.12. The highest BCUT2D eigenvalue weighted by Crippen LogP contribution is 2.24. The number of hydrogen-bond donors (Lipinski definition) is 0. The third-order valence-corrected chi connectivity index (χ3v) is 2.69. The molecule has 2 rings (SSSR count). The minimum atomic E-state index is 0.404. The summed E-state index contributed by atoms with van der Waals surface area (Å²) < 4.78 is 0. The van der Waals surface area contributed by atoms with Gasteiger partial charge in [0, 0.05) is 18.8 Å². The predicted octanol–water partition coefficient (Wildman–Crippen LogP) is 3.08. The van der Waals surface area contributed by atoms with Crippen LogP contribution in [0.4, 0.5) is 11.5 Å². The fraction of sp³-hybridized carbons (Fsp3) is 0.154. The van der Waals surface area contributed by atoms with E-state index in [-0.39, 0.29) is 0 Å². The topological polar surface area (TPSA) is 52.8 Å². The van der Waals surface area contributed by atoms with E-state index in [0.29, 0.717) is 22.4 Å². The zero-order chi connectivity index (χ0) is 13.1. The van der Waals surface area contributed by atoms with Crippen molar-refractivity contribution in [3.8, 4) is 6.07 Å². The first-order chi connectivity index (χ1) is 8.60. The number of aryl methyl sites for hydroxylation is 1. The zero-order valence-corrected chi connectivity index (χ0v) is 10.8. The number of anilines is 2. The summed E-state index contributed by atoms with van der Waals surface area (Å²) in [5.74, 6) is 1.31. The van der Waals surface area contributed by atoms with E-state index in [9.17, 15) is 0 Å². The van der Waals surface area contributed by atoms with E-state index < -0.39 is 0 Å². The molecule has 0 spiro atoms. The largest absolute Gasteiger partial charge is 0.329 e. The molecule has 18 heavy (non-hydrogen) atoms. The molecule has 0 aliphatic rings. The Morgan fingerprint density at radius 3 is 2.72 bits per heavy atom. The molecule has 0 aliphatic carbocycles. The molecule has 0 amide bonds. The summed E-state index contributed by atoms with van der Waals surface area (Å²) >= 11 is 5.91. The number of benzene rings is 1. The molecule has 1 heterocycles. The van der Waals surface area contributed by atoms with Crippen LogP contribution >= 0.6 is 11.6 Å². The highest BCUT2D eigenvalue weighted by Gasteiger charge is 2.08. The Morgan fingerprint density at radius 1 is 1.28 bits per heavy atom. The molecule has 0 bridgehead atoms. The van der Waals surface area contributed by atoms with Crippen molar-refractivity contribution in [1.29, 1.82) is 5.26 Å². The molecule has 2 aromatic rings. The Bertz CT molecular complexity index is 598. The number of halogens is 1. The standard InChI is InChI=1S/C13H11ClN4/c1-9-16-12(14)7-13(17-9)18(2)11-5-3-4-10(6-11)8-15/h3-7H,1-2H3. The van der Waals surface area contributed by atoms with Crippen LogP contribution in [0.5, 0.6) is 0 Å². The number of nitrogens with zero attached hydrogens (tertiary/aromatic N) is 4. The van der Waals surface area contributed by atoms with E-state index in [1.165, 1.54) is 0 Å². The molecule has 0 aliphatic heterocycles. The molecule has 90 valence electrons. The molecule has 4 nitrogen and oxygen atoms in total. The van der Waals surface area contributed by atoms with Gasteiger partial charge in [0.2, 0.25) is 0 Å². The average molecular weight is 259 g/mol. The first kappa shape index (κ1) is 12.3. The van der Waals surface area contributed by atoms with Gasteiger partial charge < -0.3 is 4.90 Å². The number of rotatable bonds is 2. The van der Waals surface area contributed by atoms with E-state index in [1.807, 2.05) is 24.1 Å². The first-order valence-corrected chi connectivity index (χ1v) is 5.73. The molecule has 0 fully saturated rings. The molecular formula is C13H11ClN4. The van der Waals surface area contributed by atoms with Crippen LogP contribution in [-0.4, -0.2) is 17.0 Å². The highest BCUT2D eigenvalue weighted by atomic mass is 35.5.